The zero-order valence-electron chi connectivity index (χ0n) is 15.7. The summed E-state index contributed by atoms with van der Waals surface area (Å²) in [7, 11) is 4.38. The fourth-order valence-corrected chi connectivity index (χ4v) is 2.92. The highest BCUT2D eigenvalue weighted by Crippen LogP contribution is 2.16. The van der Waals surface area contributed by atoms with Crippen LogP contribution in [-0.2, 0) is 6.42 Å². The lowest BCUT2D eigenvalue weighted by molar-refractivity contribution is -0.884. The smallest absolute Gasteiger partial charge is 0.170 e. The van der Waals surface area contributed by atoms with Crippen molar-refractivity contribution in [1.29, 1.82) is 0 Å². The second kappa shape index (κ2) is 9.54. The van der Waals surface area contributed by atoms with Crippen molar-refractivity contribution in [3.05, 3.63) is 65.7 Å². The van der Waals surface area contributed by atoms with Crippen molar-refractivity contribution in [2.45, 2.75) is 32.2 Å². The average molecular weight is 357 g/mol. The Morgan fingerprint density at radius 2 is 1.64 bits per heavy atom. The first kappa shape index (κ1) is 19.4. The standard InChI is InChI=1S/C21H29N3S/c1-16(2)18-10-12-19(13-11-18)23-21(25)22-15-20(24(3)4)14-17-8-6-5-7-9-17/h5-13,16,20H,14-15H2,1-4H3,(H2,22,23,25)/p+1/t20-/m0/s1. The van der Waals surface area contributed by atoms with Gasteiger partial charge in [-0.1, -0.05) is 56.3 Å². The topological polar surface area (TPSA) is 28.5 Å². The van der Waals surface area contributed by atoms with Crippen molar-refractivity contribution >= 4 is 23.0 Å². The molecule has 0 unspecified atom stereocenters. The van der Waals surface area contributed by atoms with Crippen LogP contribution in [0.15, 0.2) is 54.6 Å². The van der Waals surface area contributed by atoms with Crippen LogP contribution < -0.4 is 15.5 Å². The Morgan fingerprint density at radius 3 is 2.20 bits per heavy atom. The lowest BCUT2D eigenvalue weighted by atomic mass is 10.0. The predicted octanol–water partition coefficient (Wildman–Crippen LogP) is 2.85. The zero-order chi connectivity index (χ0) is 18.2. The molecule has 0 aliphatic rings. The molecular weight excluding hydrogens is 326 g/mol. The highest BCUT2D eigenvalue weighted by molar-refractivity contribution is 7.80. The van der Waals surface area contributed by atoms with Gasteiger partial charge in [0.05, 0.1) is 20.6 Å². The lowest BCUT2D eigenvalue weighted by Crippen LogP contribution is -3.11. The fourth-order valence-electron chi connectivity index (χ4n) is 2.72. The molecule has 134 valence electrons. The van der Waals surface area contributed by atoms with Gasteiger partial charge in [0.15, 0.2) is 5.11 Å². The van der Waals surface area contributed by atoms with Crippen molar-refractivity contribution in [2.24, 2.45) is 0 Å². The van der Waals surface area contributed by atoms with Gasteiger partial charge in [0.1, 0.15) is 6.04 Å². The third kappa shape index (κ3) is 6.48. The van der Waals surface area contributed by atoms with E-state index in [2.05, 4.69) is 93.2 Å². The van der Waals surface area contributed by atoms with E-state index >= 15 is 0 Å². The molecule has 2 aromatic rings. The molecule has 1 atom stereocenters. The predicted molar refractivity (Wildman–Crippen MR) is 111 cm³/mol. The summed E-state index contributed by atoms with van der Waals surface area (Å²) in [5, 5.41) is 7.32. The molecule has 0 fully saturated rings. The van der Waals surface area contributed by atoms with Crippen LogP contribution in [0.2, 0.25) is 0 Å². The van der Waals surface area contributed by atoms with Crippen LogP contribution in [-0.4, -0.2) is 31.8 Å². The average Bonchev–Trinajstić information content (AvgIpc) is 2.59. The van der Waals surface area contributed by atoms with Crippen molar-refractivity contribution in [3.63, 3.8) is 0 Å². The molecule has 0 amide bonds. The summed E-state index contributed by atoms with van der Waals surface area (Å²) < 4.78 is 0. The first-order chi connectivity index (χ1) is 12.0. The summed E-state index contributed by atoms with van der Waals surface area (Å²) in [6.07, 6.45) is 1.03. The molecule has 0 radical (unpaired) electrons. The molecule has 2 aromatic carbocycles. The Morgan fingerprint density at radius 1 is 1.00 bits per heavy atom. The monoisotopic (exact) mass is 356 g/mol. The first-order valence-electron chi connectivity index (χ1n) is 8.94. The van der Waals surface area contributed by atoms with Gasteiger partial charge in [-0.05, 0) is 41.4 Å². The van der Waals surface area contributed by atoms with Gasteiger partial charge in [0.25, 0.3) is 0 Å². The summed E-state index contributed by atoms with van der Waals surface area (Å²) >= 11 is 5.46. The Labute approximate surface area is 157 Å². The fraction of sp³-hybridized carbons (Fsp3) is 0.381. The van der Waals surface area contributed by atoms with Crippen LogP contribution in [0, 0.1) is 0 Å². The number of quaternary nitrogens is 1. The van der Waals surface area contributed by atoms with E-state index in [9.17, 15) is 0 Å². The van der Waals surface area contributed by atoms with Crippen LogP contribution in [0.1, 0.15) is 30.9 Å². The first-order valence-corrected chi connectivity index (χ1v) is 9.35. The molecule has 0 saturated heterocycles. The van der Waals surface area contributed by atoms with Gasteiger partial charge < -0.3 is 15.5 Å². The number of nitrogens with one attached hydrogen (secondary N) is 3. The summed E-state index contributed by atoms with van der Waals surface area (Å²) in [6.45, 7) is 5.24. The number of benzene rings is 2. The van der Waals surface area contributed by atoms with E-state index in [1.54, 1.807) is 0 Å². The van der Waals surface area contributed by atoms with Crippen LogP contribution in [0.25, 0.3) is 0 Å². The molecule has 3 nitrogen and oxygen atoms in total. The van der Waals surface area contributed by atoms with E-state index in [4.69, 9.17) is 12.2 Å². The molecule has 2 rings (SSSR count). The maximum Gasteiger partial charge on any atom is 0.170 e. The Kier molecular flexibility index (Phi) is 7.41. The van der Waals surface area contributed by atoms with Crippen LogP contribution in [0.4, 0.5) is 5.69 Å². The third-order valence-corrected chi connectivity index (χ3v) is 4.73. The molecule has 0 heterocycles. The molecule has 25 heavy (non-hydrogen) atoms. The summed E-state index contributed by atoms with van der Waals surface area (Å²) in [5.74, 6) is 0.543. The second-order valence-electron chi connectivity index (χ2n) is 7.08. The molecule has 3 N–H and O–H groups in total. The van der Waals surface area contributed by atoms with Crippen molar-refractivity contribution in [2.75, 3.05) is 26.0 Å². The molecule has 4 heteroatoms. The minimum atomic E-state index is 0.463. The van der Waals surface area contributed by atoms with Crippen LogP contribution >= 0.6 is 12.2 Å². The van der Waals surface area contributed by atoms with E-state index in [1.807, 2.05) is 0 Å². The highest BCUT2D eigenvalue weighted by Gasteiger charge is 2.16. The van der Waals surface area contributed by atoms with Gasteiger partial charge in [-0.2, -0.15) is 0 Å². The number of thiocarbonyl (C=S) groups is 1. The number of hydrogen-bond donors (Lipinski definition) is 3. The van der Waals surface area contributed by atoms with Crippen molar-refractivity contribution < 1.29 is 4.90 Å². The molecule has 0 aromatic heterocycles. The quantitative estimate of drug-likeness (QED) is 0.666. The van der Waals surface area contributed by atoms with Gasteiger partial charge in [0.2, 0.25) is 0 Å². The number of likely N-dealkylation sites (N-methyl/N-ethyl adjacent to an activating group) is 1. The van der Waals surface area contributed by atoms with Gasteiger partial charge >= 0.3 is 0 Å². The van der Waals surface area contributed by atoms with Gasteiger partial charge in [-0.3, -0.25) is 0 Å². The van der Waals surface area contributed by atoms with Crippen molar-refractivity contribution in [3.8, 4) is 0 Å². The van der Waals surface area contributed by atoms with Crippen LogP contribution in [0.3, 0.4) is 0 Å². The summed E-state index contributed by atoms with van der Waals surface area (Å²) in [6, 6.07) is 19.6. The maximum atomic E-state index is 5.46. The Hall–Kier alpha value is -1.91. The number of rotatable bonds is 7. The molecular formula is C21H30N3S+. The zero-order valence-corrected chi connectivity index (χ0v) is 16.5. The summed E-state index contributed by atoms with van der Waals surface area (Å²) in [5.41, 5.74) is 3.72. The maximum absolute atomic E-state index is 5.46. The minimum absolute atomic E-state index is 0.463. The van der Waals surface area contributed by atoms with E-state index in [0.717, 1.165) is 18.7 Å². The summed E-state index contributed by atoms with van der Waals surface area (Å²) in [4.78, 5) is 1.42. The van der Waals surface area contributed by atoms with Crippen molar-refractivity contribution in [1.82, 2.24) is 5.32 Å². The Balaban J connectivity index is 1.86. The van der Waals surface area contributed by atoms with E-state index in [-0.39, 0.29) is 0 Å². The molecule has 0 spiro atoms. The molecule has 0 aliphatic carbocycles. The van der Waals surface area contributed by atoms with Gasteiger partial charge in [-0.25, -0.2) is 0 Å². The lowest BCUT2D eigenvalue weighted by Gasteiger charge is -2.23. The van der Waals surface area contributed by atoms with E-state index in [1.165, 1.54) is 16.0 Å². The number of hydrogen-bond acceptors (Lipinski definition) is 1. The normalized spacial score (nSPS) is 12.2. The molecule has 0 bridgehead atoms. The molecule has 0 saturated carbocycles. The highest BCUT2D eigenvalue weighted by atomic mass is 32.1. The number of anilines is 1. The van der Waals surface area contributed by atoms with E-state index in [0.29, 0.717) is 17.1 Å². The molecule has 0 aliphatic heterocycles. The second-order valence-corrected chi connectivity index (χ2v) is 7.48. The van der Waals surface area contributed by atoms with Crippen LogP contribution in [0.5, 0.6) is 0 Å². The van der Waals surface area contributed by atoms with E-state index < -0.39 is 0 Å². The third-order valence-electron chi connectivity index (χ3n) is 4.49. The largest absolute Gasteiger partial charge is 0.356 e. The minimum Gasteiger partial charge on any atom is -0.356 e. The van der Waals surface area contributed by atoms with Gasteiger partial charge in [-0.15, -0.1) is 0 Å². The van der Waals surface area contributed by atoms with Gasteiger partial charge in [0, 0.05) is 12.1 Å². The Bertz CT molecular complexity index is 651. The SMILES string of the molecule is CC(C)c1ccc(NC(=S)NC[C@H](Cc2ccccc2)[NH+](C)C)cc1.